The Kier molecular flexibility index (Phi) is 6.00. The first kappa shape index (κ1) is 14.0. The molecule has 0 aliphatic rings. The molecule has 17 heavy (non-hydrogen) atoms. The number of hydrogen-bond donors (Lipinski definition) is 1. The van der Waals surface area contributed by atoms with Crippen molar-refractivity contribution < 1.29 is 14.3 Å². The molecule has 0 fully saturated rings. The molecule has 0 aliphatic carbocycles. The summed E-state index contributed by atoms with van der Waals surface area (Å²) in [5, 5.41) is 2.68. The van der Waals surface area contributed by atoms with Gasteiger partial charge in [-0.15, -0.1) is 0 Å². The van der Waals surface area contributed by atoms with E-state index >= 15 is 0 Å². The summed E-state index contributed by atoms with van der Waals surface area (Å²) in [5.74, 6) is 0.506. The predicted octanol–water partition coefficient (Wildman–Crippen LogP) is 1.90. The zero-order chi connectivity index (χ0) is 12.7. The van der Waals surface area contributed by atoms with E-state index in [9.17, 15) is 4.79 Å². The lowest BCUT2D eigenvalue weighted by molar-refractivity contribution is -0.123. The molecule has 0 aromatic heterocycles. The highest BCUT2D eigenvalue weighted by Gasteiger charge is 2.05. The number of aryl methyl sites for hydroxylation is 1. The number of methoxy groups -OCH3 is 1. The zero-order valence-corrected chi connectivity index (χ0v) is 11.5. The lowest BCUT2D eigenvalue weighted by Gasteiger charge is -2.09. The summed E-state index contributed by atoms with van der Waals surface area (Å²) in [5.41, 5.74) is 1.13. The van der Waals surface area contributed by atoms with E-state index in [0.29, 0.717) is 18.9 Å². The number of ether oxygens (including phenoxy) is 2. The van der Waals surface area contributed by atoms with Crippen molar-refractivity contribution in [3.05, 3.63) is 28.2 Å². The number of halogens is 1. The van der Waals surface area contributed by atoms with Crippen molar-refractivity contribution in [2.24, 2.45) is 0 Å². The number of hydrogen-bond acceptors (Lipinski definition) is 3. The molecule has 0 saturated carbocycles. The van der Waals surface area contributed by atoms with Crippen LogP contribution < -0.4 is 10.1 Å². The second-order valence-electron chi connectivity index (χ2n) is 3.57. The highest BCUT2D eigenvalue weighted by atomic mass is 79.9. The normalized spacial score (nSPS) is 10.1. The van der Waals surface area contributed by atoms with E-state index in [-0.39, 0.29) is 12.5 Å². The van der Waals surface area contributed by atoms with Crippen molar-refractivity contribution in [1.82, 2.24) is 5.32 Å². The van der Waals surface area contributed by atoms with Gasteiger partial charge in [-0.05, 0) is 40.5 Å². The highest BCUT2D eigenvalue weighted by Crippen LogP contribution is 2.25. The number of nitrogens with one attached hydrogen (secondary N) is 1. The standard InChI is InChI=1S/C12H16BrNO3/c1-9-3-4-11(10(13)7-9)17-8-12(15)14-5-6-16-2/h3-4,7H,5-6,8H2,1-2H3,(H,14,15). The second-order valence-corrected chi connectivity index (χ2v) is 4.42. The number of amides is 1. The van der Waals surface area contributed by atoms with E-state index in [0.717, 1.165) is 10.0 Å². The number of benzene rings is 1. The molecule has 0 spiro atoms. The van der Waals surface area contributed by atoms with E-state index in [1.807, 2.05) is 25.1 Å². The molecule has 1 aromatic carbocycles. The third-order valence-corrected chi connectivity index (χ3v) is 2.69. The van der Waals surface area contributed by atoms with Gasteiger partial charge >= 0.3 is 0 Å². The van der Waals surface area contributed by atoms with Crippen LogP contribution in [0.4, 0.5) is 0 Å². The molecule has 1 rings (SSSR count). The fourth-order valence-corrected chi connectivity index (χ4v) is 1.82. The average Bonchev–Trinajstić information content (AvgIpc) is 2.28. The average molecular weight is 302 g/mol. The molecule has 0 saturated heterocycles. The fraction of sp³-hybridized carbons (Fsp3) is 0.417. The SMILES string of the molecule is COCCNC(=O)COc1ccc(C)cc1Br. The molecule has 0 heterocycles. The van der Waals surface area contributed by atoms with Crippen molar-refractivity contribution in [3.63, 3.8) is 0 Å². The summed E-state index contributed by atoms with van der Waals surface area (Å²) in [6.45, 7) is 2.99. The predicted molar refractivity (Wildman–Crippen MR) is 69.3 cm³/mol. The van der Waals surface area contributed by atoms with Crippen molar-refractivity contribution in [2.75, 3.05) is 26.9 Å². The number of rotatable bonds is 6. The maximum Gasteiger partial charge on any atom is 0.258 e. The van der Waals surface area contributed by atoms with Crippen LogP contribution >= 0.6 is 15.9 Å². The van der Waals surface area contributed by atoms with Gasteiger partial charge in [0, 0.05) is 13.7 Å². The van der Waals surface area contributed by atoms with E-state index in [1.54, 1.807) is 7.11 Å². The van der Waals surface area contributed by atoms with Gasteiger partial charge in [0.1, 0.15) is 5.75 Å². The molecular formula is C12H16BrNO3. The number of carbonyl (C=O) groups excluding carboxylic acids is 1. The Balaban J connectivity index is 2.37. The largest absolute Gasteiger partial charge is 0.483 e. The molecule has 1 amide bonds. The summed E-state index contributed by atoms with van der Waals surface area (Å²) >= 11 is 3.38. The number of carbonyl (C=O) groups is 1. The maximum atomic E-state index is 11.4. The summed E-state index contributed by atoms with van der Waals surface area (Å²) in [7, 11) is 1.59. The topological polar surface area (TPSA) is 47.6 Å². The van der Waals surface area contributed by atoms with E-state index in [1.165, 1.54) is 0 Å². The van der Waals surface area contributed by atoms with Crippen molar-refractivity contribution in [2.45, 2.75) is 6.92 Å². The Labute approximate surface area is 109 Å². The van der Waals surface area contributed by atoms with Crippen LogP contribution in [0.3, 0.4) is 0 Å². The van der Waals surface area contributed by atoms with Gasteiger partial charge in [0.15, 0.2) is 6.61 Å². The molecule has 0 radical (unpaired) electrons. The molecule has 1 aromatic rings. The molecule has 1 N–H and O–H groups in total. The molecule has 94 valence electrons. The zero-order valence-electron chi connectivity index (χ0n) is 9.96. The van der Waals surface area contributed by atoms with Crippen LogP contribution in [0.15, 0.2) is 22.7 Å². The van der Waals surface area contributed by atoms with Crippen molar-refractivity contribution >= 4 is 21.8 Å². The first-order valence-corrected chi connectivity index (χ1v) is 6.07. The van der Waals surface area contributed by atoms with Crippen LogP contribution in [0.25, 0.3) is 0 Å². The van der Waals surface area contributed by atoms with Gasteiger partial charge < -0.3 is 14.8 Å². The first-order valence-electron chi connectivity index (χ1n) is 5.28. The lowest BCUT2D eigenvalue weighted by atomic mass is 10.2. The molecule has 0 aliphatic heterocycles. The Hall–Kier alpha value is -1.07. The molecule has 0 atom stereocenters. The minimum absolute atomic E-state index is 0.00533. The summed E-state index contributed by atoms with van der Waals surface area (Å²) in [6, 6.07) is 5.71. The third kappa shape index (κ3) is 5.19. The first-order chi connectivity index (χ1) is 8.13. The monoisotopic (exact) mass is 301 g/mol. The molecule has 5 heteroatoms. The summed E-state index contributed by atoms with van der Waals surface area (Å²) in [4.78, 5) is 11.4. The molecule has 4 nitrogen and oxygen atoms in total. The molecular weight excluding hydrogens is 286 g/mol. The van der Waals surface area contributed by atoms with E-state index in [2.05, 4.69) is 21.2 Å². The van der Waals surface area contributed by atoms with Gasteiger partial charge in [-0.3, -0.25) is 4.79 Å². The Morgan fingerprint density at radius 2 is 2.24 bits per heavy atom. The van der Waals surface area contributed by atoms with Crippen LogP contribution in [0.2, 0.25) is 0 Å². The summed E-state index contributed by atoms with van der Waals surface area (Å²) in [6.07, 6.45) is 0. The van der Waals surface area contributed by atoms with Gasteiger partial charge in [0.25, 0.3) is 5.91 Å². The summed E-state index contributed by atoms with van der Waals surface area (Å²) < 4.78 is 11.1. The van der Waals surface area contributed by atoms with Crippen molar-refractivity contribution in [1.29, 1.82) is 0 Å². The van der Waals surface area contributed by atoms with Gasteiger partial charge in [-0.2, -0.15) is 0 Å². The van der Waals surface area contributed by atoms with Gasteiger partial charge in [0.2, 0.25) is 0 Å². The van der Waals surface area contributed by atoms with Gasteiger partial charge in [-0.1, -0.05) is 6.07 Å². The third-order valence-electron chi connectivity index (χ3n) is 2.07. The second kappa shape index (κ2) is 7.29. The van der Waals surface area contributed by atoms with E-state index < -0.39 is 0 Å². The Morgan fingerprint density at radius 1 is 1.47 bits per heavy atom. The minimum Gasteiger partial charge on any atom is -0.483 e. The van der Waals surface area contributed by atoms with Crippen LogP contribution in [0.5, 0.6) is 5.75 Å². The smallest absolute Gasteiger partial charge is 0.258 e. The molecule has 0 bridgehead atoms. The van der Waals surface area contributed by atoms with Crippen LogP contribution in [0, 0.1) is 6.92 Å². The van der Waals surface area contributed by atoms with Crippen molar-refractivity contribution in [3.8, 4) is 5.75 Å². The Bertz CT molecular complexity index is 382. The van der Waals surface area contributed by atoms with E-state index in [4.69, 9.17) is 9.47 Å². The maximum absolute atomic E-state index is 11.4. The quantitative estimate of drug-likeness (QED) is 0.817. The van der Waals surface area contributed by atoms with Crippen LogP contribution in [-0.4, -0.2) is 32.8 Å². The van der Waals surface area contributed by atoms with Gasteiger partial charge in [0.05, 0.1) is 11.1 Å². The fourth-order valence-electron chi connectivity index (χ4n) is 1.21. The minimum atomic E-state index is -0.158. The van der Waals surface area contributed by atoms with Crippen LogP contribution in [-0.2, 0) is 9.53 Å². The lowest BCUT2D eigenvalue weighted by Crippen LogP contribution is -2.31. The Morgan fingerprint density at radius 3 is 2.88 bits per heavy atom. The molecule has 0 unspecified atom stereocenters. The van der Waals surface area contributed by atoms with Crippen LogP contribution in [0.1, 0.15) is 5.56 Å². The van der Waals surface area contributed by atoms with Gasteiger partial charge in [-0.25, -0.2) is 0 Å². The highest BCUT2D eigenvalue weighted by molar-refractivity contribution is 9.10.